The molecule has 2 aliphatic rings. The lowest BCUT2D eigenvalue weighted by molar-refractivity contribution is 0.174. The minimum absolute atomic E-state index is 0.348. The van der Waals surface area contributed by atoms with Crippen LogP contribution in [0.15, 0.2) is 18.2 Å². The minimum atomic E-state index is 0.348. The standard InChI is InChI=1S/C11H13NO2S/c1-7-5-12-11(15-7)8-2-3-9-10(4-8)14-6-13-9/h2-4,7,11-12H,5-6H2,1H3. The lowest BCUT2D eigenvalue weighted by Gasteiger charge is -2.10. The maximum absolute atomic E-state index is 5.37. The SMILES string of the molecule is CC1CNC(c2ccc3c(c2)OCO3)S1. The molecule has 0 radical (unpaired) electrons. The number of nitrogens with one attached hydrogen (secondary N) is 1. The summed E-state index contributed by atoms with van der Waals surface area (Å²) in [7, 11) is 0. The maximum Gasteiger partial charge on any atom is 0.231 e. The molecule has 0 spiro atoms. The summed E-state index contributed by atoms with van der Waals surface area (Å²) >= 11 is 1.96. The highest BCUT2D eigenvalue weighted by Crippen LogP contribution is 2.39. The average molecular weight is 223 g/mol. The Bertz CT molecular complexity index is 383. The van der Waals surface area contributed by atoms with Crippen molar-refractivity contribution in [3.8, 4) is 11.5 Å². The van der Waals surface area contributed by atoms with E-state index in [0.717, 1.165) is 18.0 Å². The van der Waals surface area contributed by atoms with Gasteiger partial charge in [0.05, 0.1) is 5.37 Å². The molecule has 0 bridgehead atoms. The van der Waals surface area contributed by atoms with Crippen molar-refractivity contribution < 1.29 is 9.47 Å². The van der Waals surface area contributed by atoms with Crippen molar-refractivity contribution in [1.29, 1.82) is 0 Å². The fourth-order valence-corrected chi connectivity index (χ4v) is 3.03. The van der Waals surface area contributed by atoms with Gasteiger partial charge in [-0.05, 0) is 17.7 Å². The van der Waals surface area contributed by atoms with Crippen LogP contribution in [0.1, 0.15) is 17.9 Å². The van der Waals surface area contributed by atoms with Gasteiger partial charge in [0.25, 0.3) is 0 Å². The van der Waals surface area contributed by atoms with E-state index in [1.165, 1.54) is 5.56 Å². The van der Waals surface area contributed by atoms with E-state index in [9.17, 15) is 0 Å². The number of hydrogen-bond donors (Lipinski definition) is 1. The number of thioether (sulfide) groups is 1. The topological polar surface area (TPSA) is 30.5 Å². The molecular weight excluding hydrogens is 210 g/mol. The first kappa shape index (κ1) is 9.36. The Morgan fingerprint density at radius 3 is 3.00 bits per heavy atom. The molecule has 1 saturated heterocycles. The van der Waals surface area contributed by atoms with E-state index in [1.807, 2.05) is 17.8 Å². The predicted molar refractivity (Wildman–Crippen MR) is 60.4 cm³/mol. The van der Waals surface area contributed by atoms with Crippen molar-refractivity contribution in [2.45, 2.75) is 17.5 Å². The summed E-state index contributed by atoms with van der Waals surface area (Å²) in [5.41, 5.74) is 1.27. The van der Waals surface area contributed by atoms with Crippen molar-refractivity contribution in [1.82, 2.24) is 5.32 Å². The lowest BCUT2D eigenvalue weighted by atomic mass is 10.2. The third-order valence-electron chi connectivity index (χ3n) is 2.66. The lowest BCUT2D eigenvalue weighted by Crippen LogP contribution is -2.13. The fourth-order valence-electron chi connectivity index (χ4n) is 1.87. The molecule has 3 nitrogen and oxygen atoms in total. The molecule has 0 amide bonds. The number of fused-ring (bicyclic) bond motifs is 1. The zero-order valence-corrected chi connectivity index (χ0v) is 9.34. The first-order valence-corrected chi connectivity index (χ1v) is 6.05. The predicted octanol–water partition coefficient (Wildman–Crippen LogP) is 2.14. The van der Waals surface area contributed by atoms with E-state index in [0.29, 0.717) is 17.4 Å². The van der Waals surface area contributed by atoms with Gasteiger partial charge < -0.3 is 14.8 Å². The van der Waals surface area contributed by atoms with Gasteiger partial charge in [0.15, 0.2) is 11.5 Å². The molecule has 1 aromatic rings. The molecule has 2 heterocycles. The molecule has 15 heavy (non-hydrogen) atoms. The Balaban J connectivity index is 1.87. The highest BCUT2D eigenvalue weighted by Gasteiger charge is 2.24. The van der Waals surface area contributed by atoms with Gasteiger partial charge in [-0.3, -0.25) is 0 Å². The first-order valence-electron chi connectivity index (χ1n) is 5.11. The van der Waals surface area contributed by atoms with Gasteiger partial charge in [-0.25, -0.2) is 0 Å². The molecular formula is C11H13NO2S. The summed E-state index contributed by atoms with van der Waals surface area (Å²) in [5, 5.41) is 4.56. The summed E-state index contributed by atoms with van der Waals surface area (Å²) < 4.78 is 10.7. The summed E-state index contributed by atoms with van der Waals surface area (Å²) in [5.74, 6) is 1.73. The van der Waals surface area contributed by atoms with Gasteiger partial charge in [-0.2, -0.15) is 0 Å². The second kappa shape index (κ2) is 3.61. The van der Waals surface area contributed by atoms with Gasteiger partial charge in [0.1, 0.15) is 0 Å². The van der Waals surface area contributed by atoms with E-state index >= 15 is 0 Å². The van der Waals surface area contributed by atoms with Crippen molar-refractivity contribution in [2.24, 2.45) is 0 Å². The second-order valence-electron chi connectivity index (χ2n) is 3.85. The monoisotopic (exact) mass is 223 g/mol. The van der Waals surface area contributed by atoms with E-state index < -0.39 is 0 Å². The Kier molecular flexibility index (Phi) is 2.25. The average Bonchev–Trinajstić information content (AvgIpc) is 2.84. The highest BCUT2D eigenvalue weighted by atomic mass is 32.2. The van der Waals surface area contributed by atoms with Crippen LogP contribution in [0.5, 0.6) is 11.5 Å². The third kappa shape index (κ3) is 1.68. The summed E-state index contributed by atoms with van der Waals surface area (Å²) in [6.45, 7) is 3.66. The molecule has 0 aromatic heterocycles. The smallest absolute Gasteiger partial charge is 0.231 e. The van der Waals surface area contributed by atoms with E-state index in [2.05, 4.69) is 24.4 Å². The number of rotatable bonds is 1. The summed E-state index contributed by atoms with van der Waals surface area (Å²) in [6.07, 6.45) is 0. The number of hydrogen-bond acceptors (Lipinski definition) is 4. The Morgan fingerprint density at radius 2 is 2.20 bits per heavy atom. The van der Waals surface area contributed by atoms with Crippen LogP contribution in [0, 0.1) is 0 Å². The van der Waals surface area contributed by atoms with Crippen molar-refractivity contribution in [3.63, 3.8) is 0 Å². The largest absolute Gasteiger partial charge is 0.454 e. The summed E-state index contributed by atoms with van der Waals surface area (Å²) in [6, 6.07) is 6.17. The molecule has 3 rings (SSSR count). The normalized spacial score (nSPS) is 28.3. The Morgan fingerprint density at radius 1 is 1.33 bits per heavy atom. The highest BCUT2D eigenvalue weighted by molar-refractivity contribution is 8.00. The molecule has 80 valence electrons. The summed E-state index contributed by atoms with van der Waals surface area (Å²) in [4.78, 5) is 0. The van der Waals surface area contributed by atoms with Crippen molar-refractivity contribution in [2.75, 3.05) is 13.3 Å². The zero-order valence-electron chi connectivity index (χ0n) is 8.53. The zero-order chi connectivity index (χ0) is 10.3. The Labute approximate surface area is 93.1 Å². The van der Waals surface area contributed by atoms with Gasteiger partial charge >= 0.3 is 0 Å². The first-order chi connectivity index (χ1) is 7.33. The fraction of sp³-hybridized carbons (Fsp3) is 0.455. The number of benzene rings is 1. The molecule has 1 aromatic carbocycles. The van der Waals surface area contributed by atoms with Crippen molar-refractivity contribution in [3.05, 3.63) is 23.8 Å². The van der Waals surface area contributed by atoms with Crippen LogP contribution in [0.4, 0.5) is 0 Å². The number of ether oxygens (including phenoxy) is 2. The van der Waals surface area contributed by atoms with Gasteiger partial charge in [0.2, 0.25) is 6.79 Å². The van der Waals surface area contributed by atoms with Crippen LogP contribution in [0.2, 0.25) is 0 Å². The van der Waals surface area contributed by atoms with E-state index in [1.54, 1.807) is 0 Å². The molecule has 2 unspecified atom stereocenters. The van der Waals surface area contributed by atoms with Gasteiger partial charge in [-0.1, -0.05) is 13.0 Å². The van der Waals surface area contributed by atoms with Crippen molar-refractivity contribution >= 4 is 11.8 Å². The molecule has 1 fully saturated rings. The second-order valence-corrected chi connectivity index (χ2v) is 5.40. The van der Waals surface area contributed by atoms with Crippen LogP contribution < -0.4 is 14.8 Å². The molecule has 4 heteroatoms. The molecule has 1 N–H and O–H groups in total. The van der Waals surface area contributed by atoms with Crippen LogP contribution in [0.25, 0.3) is 0 Å². The maximum atomic E-state index is 5.37. The minimum Gasteiger partial charge on any atom is -0.454 e. The van der Waals surface area contributed by atoms with Crippen LogP contribution in [-0.2, 0) is 0 Å². The van der Waals surface area contributed by atoms with Crippen LogP contribution >= 0.6 is 11.8 Å². The van der Waals surface area contributed by atoms with Crippen LogP contribution in [0.3, 0.4) is 0 Å². The third-order valence-corrected chi connectivity index (χ3v) is 4.00. The van der Waals surface area contributed by atoms with Crippen LogP contribution in [-0.4, -0.2) is 18.6 Å². The molecule has 2 aliphatic heterocycles. The van der Waals surface area contributed by atoms with Gasteiger partial charge in [0, 0.05) is 11.8 Å². The van der Waals surface area contributed by atoms with Gasteiger partial charge in [-0.15, -0.1) is 11.8 Å². The molecule has 2 atom stereocenters. The Hall–Kier alpha value is -0.870. The molecule has 0 aliphatic carbocycles. The van der Waals surface area contributed by atoms with E-state index in [-0.39, 0.29) is 0 Å². The molecule has 0 saturated carbocycles. The quantitative estimate of drug-likeness (QED) is 0.790. The van der Waals surface area contributed by atoms with E-state index in [4.69, 9.17) is 9.47 Å².